The van der Waals surface area contributed by atoms with Crippen molar-refractivity contribution in [3.63, 3.8) is 0 Å². The SMILES string of the molecule is Clc1ccc(-c2csc(C3CNCCO3)n2)cc1. The van der Waals surface area contributed by atoms with E-state index in [1.54, 1.807) is 11.3 Å². The summed E-state index contributed by atoms with van der Waals surface area (Å²) in [5, 5.41) is 7.16. The second kappa shape index (κ2) is 5.36. The third kappa shape index (κ3) is 2.57. The minimum absolute atomic E-state index is 0.0878. The molecule has 1 fully saturated rings. The fraction of sp³-hybridized carbons (Fsp3) is 0.308. The number of hydrogen-bond acceptors (Lipinski definition) is 4. The fourth-order valence-corrected chi connectivity index (χ4v) is 2.91. The van der Waals surface area contributed by atoms with Gasteiger partial charge in [-0.15, -0.1) is 11.3 Å². The van der Waals surface area contributed by atoms with Gasteiger partial charge in [-0.1, -0.05) is 23.7 Å². The maximum atomic E-state index is 5.88. The maximum Gasteiger partial charge on any atom is 0.124 e. The molecule has 94 valence electrons. The van der Waals surface area contributed by atoms with Crippen molar-refractivity contribution in [2.24, 2.45) is 0 Å². The largest absolute Gasteiger partial charge is 0.368 e. The molecule has 1 unspecified atom stereocenters. The van der Waals surface area contributed by atoms with Gasteiger partial charge in [0.25, 0.3) is 0 Å². The van der Waals surface area contributed by atoms with Gasteiger partial charge in [-0.05, 0) is 12.1 Å². The predicted octanol–water partition coefficient (Wildman–Crippen LogP) is 3.12. The van der Waals surface area contributed by atoms with E-state index in [0.717, 1.165) is 41.0 Å². The zero-order chi connectivity index (χ0) is 12.4. The summed E-state index contributed by atoms with van der Waals surface area (Å²) in [6.07, 6.45) is 0.0878. The smallest absolute Gasteiger partial charge is 0.124 e. The average Bonchev–Trinajstić information content (AvgIpc) is 2.90. The van der Waals surface area contributed by atoms with Gasteiger partial charge in [0.1, 0.15) is 11.1 Å². The van der Waals surface area contributed by atoms with Gasteiger partial charge in [0.05, 0.1) is 12.3 Å². The van der Waals surface area contributed by atoms with Crippen LogP contribution in [-0.4, -0.2) is 24.7 Å². The van der Waals surface area contributed by atoms with Crippen LogP contribution in [0.25, 0.3) is 11.3 Å². The minimum Gasteiger partial charge on any atom is -0.368 e. The van der Waals surface area contributed by atoms with Gasteiger partial charge in [-0.2, -0.15) is 0 Å². The second-order valence-corrected chi connectivity index (χ2v) is 5.47. The van der Waals surface area contributed by atoms with Crippen LogP contribution in [0.3, 0.4) is 0 Å². The van der Waals surface area contributed by atoms with E-state index in [1.807, 2.05) is 24.3 Å². The van der Waals surface area contributed by atoms with Crippen molar-refractivity contribution in [1.29, 1.82) is 0 Å². The van der Waals surface area contributed by atoms with Crippen LogP contribution in [-0.2, 0) is 4.74 Å². The summed E-state index contributed by atoms with van der Waals surface area (Å²) in [7, 11) is 0. The molecule has 0 amide bonds. The number of halogens is 1. The molecule has 2 heterocycles. The number of nitrogens with zero attached hydrogens (tertiary/aromatic N) is 1. The minimum atomic E-state index is 0.0878. The molecule has 5 heteroatoms. The lowest BCUT2D eigenvalue weighted by Crippen LogP contribution is -2.33. The van der Waals surface area contributed by atoms with Crippen LogP contribution < -0.4 is 5.32 Å². The number of ether oxygens (including phenoxy) is 1. The number of thiazole rings is 1. The predicted molar refractivity (Wildman–Crippen MR) is 74.1 cm³/mol. The Balaban J connectivity index is 1.82. The van der Waals surface area contributed by atoms with Crippen LogP contribution in [0.1, 0.15) is 11.1 Å². The molecule has 3 nitrogen and oxygen atoms in total. The van der Waals surface area contributed by atoms with Gasteiger partial charge >= 0.3 is 0 Å². The van der Waals surface area contributed by atoms with Crippen molar-refractivity contribution in [1.82, 2.24) is 10.3 Å². The fourth-order valence-electron chi connectivity index (χ4n) is 1.91. The summed E-state index contributed by atoms with van der Waals surface area (Å²) in [6, 6.07) is 7.74. The number of hydrogen-bond donors (Lipinski definition) is 1. The number of benzene rings is 1. The van der Waals surface area contributed by atoms with Gasteiger partial charge in [-0.3, -0.25) is 0 Å². The molecule has 1 aliphatic rings. The Labute approximate surface area is 115 Å². The summed E-state index contributed by atoms with van der Waals surface area (Å²) in [6.45, 7) is 2.51. The van der Waals surface area contributed by atoms with E-state index in [2.05, 4.69) is 15.7 Å². The first-order valence-electron chi connectivity index (χ1n) is 5.86. The highest BCUT2D eigenvalue weighted by Crippen LogP contribution is 2.28. The lowest BCUT2D eigenvalue weighted by molar-refractivity contribution is 0.0276. The van der Waals surface area contributed by atoms with Gasteiger partial charge in [0.2, 0.25) is 0 Å². The maximum absolute atomic E-state index is 5.88. The summed E-state index contributed by atoms with van der Waals surface area (Å²) in [5.41, 5.74) is 2.08. The summed E-state index contributed by atoms with van der Waals surface area (Å²) < 4.78 is 5.70. The van der Waals surface area contributed by atoms with Crippen molar-refractivity contribution < 1.29 is 4.74 Å². The van der Waals surface area contributed by atoms with Crippen molar-refractivity contribution in [2.75, 3.05) is 19.7 Å². The quantitative estimate of drug-likeness (QED) is 0.918. The number of nitrogens with one attached hydrogen (secondary N) is 1. The molecule has 0 aliphatic carbocycles. The van der Waals surface area contributed by atoms with E-state index in [4.69, 9.17) is 16.3 Å². The zero-order valence-corrected chi connectivity index (χ0v) is 11.3. The van der Waals surface area contributed by atoms with Gasteiger partial charge < -0.3 is 10.1 Å². The molecule has 0 radical (unpaired) electrons. The highest BCUT2D eigenvalue weighted by atomic mass is 35.5. The van der Waals surface area contributed by atoms with Crippen molar-refractivity contribution in [3.8, 4) is 11.3 Å². The summed E-state index contributed by atoms with van der Waals surface area (Å²) in [4.78, 5) is 4.64. The van der Waals surface area contributed by atoms with Crippen LogP contribution in [0.2, 0.25) is 5.02 Å². The first kappa shape index (κ1) is 12.1. The Kier molecular flexibility index (Phi) is 3.61. The molecule has 1 aliphatic heterocycles. The normalized spacial score (nSPS) is 19.9. The summed E-state index contributed by atoms with van der Waals surface area (Å²) in [5.74, 6) is 0. The number of morpholine rings is 1. The second-order valence-electron chi connectivity index (χ2n) is 4.14. The molecule has 1 N–H and O–H groups in total. The van der Waals surface area contributed by atoms with E-state index in [-0.39, 0.29) is 6.10 Å². The van der Waals surface area contributed by atoms with Gasteiger partial charge in [-0.25, -0.2) is 4.98 Å². The third-order valence-corrected chi connectivity index (χ3v) is 4.05. The molecule has 0 bridgehead atoms. The van der Waals surface area contributed by atoms with Crippen LogP contribution in [0.15, 0.2) is 29.6 Å². The van der Waals surface area contributed by atoms with Crippen LogP contribution >= 0.6 is 22.9 Å². The number of rotatable bonds is 2. The molecule has 2 aromatic rings. The average molecular weight is 281 g/mol. The topological polar surface area (TPSA) is 34.1 Å². The van der Waals surface area contributed by atoms with Crippen LogP contribution in [0.4, 0.5) is 0 Å². The molecule has 18 heavy (non-hydrogen) atoms. The molecule has 1 atom stereocenters. The van der Waals surface area contributed by atoms with Crippen molar-refractivity contribution >= 4 is 22.9 Å². The van der Waals surface area contributed by atoms with Gasteiger partial charge in [0.15, 0.2) is 0 Å². The van der Waals surface area contributed by atoms with E-state index in [1.165, 1.54) is 0 Å². The van der Waals surface area contributed by atoms with Gasteiger partial charge in [0, 0.05) is 29.1 Å². The van der Waals surface area contributed by atoms with E-state index >= 15 is 0 Å². The first-order chi connectivity index (χ1) is 8.83. The molecule has 0 spiro atoms. The Bertz CT molecular complexity index is 520. The highest BCUT2D eigenvalue weighted by molar-refractivity contribution is 7.10. The lowest BCUT2D eigenvalue weighted by atomic mass is 10.2. The van der Waals surface area contributed by atoms with E-state index in [9.17, 15) is 0 Å². The van der Waals surface area contributed by atoms with E-state index in [0.29, 0.717) is 0 Å². The van der Waals surface area contributed by atoms with E-state index < -0.39 is 0 Å². The third-order valence-electron chi connectivity index (χ3n) is 2.86. The van der Waals surface area contributed by atoms with Crippen LogP contribution in [0, 0.1) is 0 Å². The molecule has 1 saturated heterocycles. The molecule has 1 aromatic heterocycles. The molecule has 0 saturated carbocycles. The Morgan fingerprint density at radius 2 is 2.17 bits per heavy atom. The Morgan fingerprint density at radius 1 is 1.33 bits per heavy atom. The molecule has 1 aromatic carbocycles. The highest BCUT2D eigenvalue weighted by Gasteiger charge is 2.19. The summed E-state index contributed by atoms with van der Waals surface area (Å²) >= 11 is 7.53. The van der Waals surface area contributed by atoms with Crippen LogP contribution in [0.5, 0.6) is 0 Å². The Morgan fingerprint density at radius 3 is 2.89 bits per heavy atom. The molecular formula is C13H13ClN2OS. The standard InChI is InChI=1S/C13H13ClN2OS/c14-10-3-1-9(2-4-10)11-8-18-13(16-11)12-7-15-5-6-17-12/h1-4,8,12,15H,5-7H2. The van der Waals surface area contributed by atoms with Crippen molar-refractivity contribution in [3.05, 3.63) is 39.7 Å². The molecular weight excluding hydrogens is 268 g/mol. The lowest BCUT2D eigenvalue weighted by Gasteiger charge is -2.21. The first-order valence-corrected chi connectivity index (χ1v) is 7.12. The Hall–Kier alpha value is -0.940. The number of aromatic nitrogens is 1. The monoisotopic (exact) mass is 280 g/mol. The van der Waals surface area contributed by atoms with Crippen molar-refractivity contribution in [2.45, 2.75) is 6.10 Å². The zero-order valence-electron chi connectivity index (χ0n) is 9.73. The molecule has 3 rings (SSSR count).